The predicted octanol–water partition coefficient (Wildman–Crippen LogP) is 3.60. The SMILES string of the molecule is C[C@]12CC=C[C@H]3CCOC(=C31)c1ccccc1C2=O. The molecule has 0 saturated heterocycles. The Morgan fingerprint density at radius 1 is 1.26 bits per heavy atom. The topological polar surface area (TPSA) is 26.3 Å². The van der Waals surface area contributed by atoms with E-state index in [-0.39, 0.29) is 5.78 Å². The summed E-state index contributed by atoms with van der Waals surface area (Å²) in [6, 6.07) is 7.85. The summed E-state index contributed by atoms with van der Waals surface area (Å²) in [6.07, 6.45) is 6.20. The Balaban J connectivity index is 2.07. The van der Waals surface area contributed by atoms with Crippen LogP contribution in [0.15, 0.2) is 42.0 Å². The fraction of sp³-hybridized carbons (Fsp3) is 0.353. The molecule has 0 aromatic heterocycles. The summed E-state index contributed by atoms with van der Waals surface area (Å²) in [5.41, 5.74) is 2.62. The Hall–Kier alpha value is -1.83. The molecule has 2 atom stereocenters. The van der Waals surface area contributed by atoms with E-state index in [2.05, 4.69) is 19.1 Å². The van der Waals surface area contributed by atoms with Crippen LogP contribution in [0.25, 0.3) is 5.76 Å². The number of ketones is 1. The Labute approximate surface area is 112 Å². The number of ether oxygens (including phenoxy) is 1. The maximum atomic E-state index is 12.9. The summed E-state index contributed by atoms with van der Waals surface area (Å²) in [7, 11) is 0. The Morgan fingerprint density at radius 3 is 2.89 bits per heavy atom. The molecule has 0 radical (unpaired) electrons. The van der Waals surface area contributed by atoms with Crippen LogP contribution in [-0.2, 0) is 4.74 Å². The van der Waals surface area contributed by atoms with Gasteiger partial charge in [0.15, 0.2) is 5.78 Å². The molecule has 0 unspecified atom stereocenters. The number of hydrogen-bond acceptors (Lipinski definition) is 2. The summed E-state index contributed by atoms with van der Waals surface area (Å²) >= 11 is 0. The Kier molecular flexibility index (Phi) is 2.09. The summed E-state index contributed by atoms with van der Waals surface area (Å²) in [6.45, 7) is 2.82. The van der Waals surface area contributed by atoms with Gasteiger partial charge in [0.25, 0.3) is 0 Å². The molecule has 19 heavy (non-hydrogen) atoms. The average Bonchev–Trinajstić information content (AvgIpc) is 2.45. The van der Waals surface area contributed by atoms with Crippen molar-refractivity contribution in [3.63, 3.8) is 0 Å². The molecule has 3 aliphatic rings. The van der Waals surface area contributed by atoms with Crippen LogP contribution in [0.3, 0.4) is 0 Å². The average molecular weight is 252 g/mol. The van der Waals surface area contributed by atoms with Crippen LogP contribution >= 0.6 is 0 Å². The first-order valence-corrected chi connectivity index (χ1v) is 6.90. The van der Waals surface area contributed by atoms with Gasteiger partial charge in [0, 0.05) is 17.0 Å². The standard InChI is InChI=1S/C17H16O2/c1-17-9-4-5-11-8-10-19-15(14(11)17)12-6-2-3-7-13(12)16(17)18/h2-7,11H,8-10H2,1H3/t11-,17-/m0/s1. The van der Waals surface area contributed by atoms with Gasteiger partial charge in [-0.25, -0.2) is 0 Å². The minimum Gasteiger partial charge on any atom is -0.493 e. The molecule has 1 aromatic rings. The molecule has 1 aromatic carbocycles. The number of Topliss-reactive ketones (excluding diaryl/α,β-unsaturated/α-hetero) is 1. The van der Waals surface area contributed by atoms with Crippen LogP contribution in [0.2, 0.25) is 0 Å². The highest BCUT2D eigenvalue weighted by Gasteiger charge is 2.48. The Bertz CT molecular complexity index is 638. The van der Waals surface area contributed by atoms with E-state index in [1.165, 1.54) is 5.57 Å². The van der Waals surface area contributed by atoms with Crippen molar-refractivity contribution in [1.82, 2.24) is 0 Å². The lowest BCUT2D eigenvalue weighted by atomic mass is 9.61. The van der Waals surface area contributed by atoms with E-state index in [1.54, 1.807) is 0 Å². The van der Waals surface area contributed by atoms with Gasteiger partial charge in [-0.2, -0.15) is 0 Å². The van der Waals surface area contributed by atoms with Gasteiger partial charge >= 0.3 is 0 Å². The maximum Gasteiger partial charge on any atom is 0.173 e. The van der Waals surface area contributed by atoms with Gasteiger partial charge in [-0.1, -0.05) is 36.4 Å². The van der Waals surface area contributed by atoms with Crippen LogP contribution in [0.5, 0.6) is 0 Å². The van der Waals surface area contributed by atoms with E-state index in [9.17, 15) is 4.79 Å². The molecule has 1 heterocycles. The third kappa shape index (κ3) is 1.29. The van der Waals surface area contributed by atoms with E-state index < -0.39 is 5.41 Å². The molecule has 2 nitrogen and oxygen atoms in total. The second kappa shape index (κ2) is 3.60. The third-order valence-electron chi connectivity index (χ3n) is 4.70. The summed E-state index contributed by atoms with van der Waals surface area (Å²) < 4.78 is 5.95. The number of allylic oxidation sites excluding steroid dienone is 3. The molecule has 2 heteroatoms. The molecule has 2 aliphatic carbocycles. The molecule has 1 aliphatic heterocycles. The van der Waals surface area contributed by atoms with Crippen LogP contribution < -0.4 is 0 Å². The molecule has 4 rings (SSSR count). The highest BCUT2D eigenvalue weighted by Crippen LogP contribution is 2.53. The largest absolute Gasteiger partial charge is 0.493 e. The van der Waals surface area contributed by atoms with E-state index in [1.807, 2.05) is 24.3 Å². The van der Waals surface area contributed by atoms with Crippen LogP contribution in [0.1, 0.15) is 35.7 Å². The Morgan fingerprint density at radius 2 is 2.05 bits per heavy atom. The molecule has 0 N–H and O–H groups in total. The molecule has 96 valence electrons. The van der Waals surface area contributed by atoms with Crippen molar-refractivity contribution in [2.75, 3.05) is 6.61 Å². The second-order valence-electron chi connectivity index (χ2n) is 5.83. The monoisotopic (exact) mass is 252 g/mol. The minimum absolute atomic E-state index is 0.252. The maximum absolute atomic E-state index is 12.9. The van der Waals surface area contributed by atoms with Gasteiger partial charge in [-0.05, 0) is 25.3 Å². The van der Waals surface area contributed by atoms with E-state index in [0.717, 1.165) is 36.3 Å². The molecule has 0 spiro atoms. The number of benzene rings is 1. The van der Waals surface area contributed by atoms with Gasteiger partial charge in [0.05, 0.1) is 12.0 Å². The fourth-order valence-corrected chi connectivity index (χ4v) is 3.72. The lowest BCUT2D eigenvalue weighted by molar-refractivity contribution is 0.0817. The van der Waals surface area contributed by atoms with E-state index in [4.69, 9.17) is 4.74 Å². The second-order valence-corrected chi connectivity index (χ2v) is 5.83. The predicted molar refractivity (Wildman–Crippen MR) is 73.6 cm³/mol. The van der Waals surface area contributed by atoms with Crippen molar-refractivity contribution in [2.45, 2.75) is 19.8 Å². The minimum atomic E-state index is -0.399. The normalized spacial score (nSPS) is 31.6. The van der Waals surface area contributed by atoms with Crippen molar-refractivity contribution in [1.29, 1.82) is 0 Å². The lowest BCUT2D eigenvalue weighted by Gasteiger charge is -2.44. The number of carbonyl (C=O) groups is 1. The zero-order chi connectivity index (χ0) is 13.0. The van der Waals surface area contributed by atoms with Gasteiger partial charge in [-0.15, -0.1) is 0 Å². The molecule has 0 saturated carbocycles. The summed E-state index contributed by atoms with van der Waals surface area (Å²) in [4.78, 5) is 12.9. The molecular weight excluding hydrogens is 236 g/mol. The number of hydrogen-bond donors (Lipinski definition) is 0. The van der Waals surface area contributed by atoms with Crippen molar-refractivity contribution < 1.29 is 9.53 Å². The van der Waals surface area contributed by atoms with Crippen LogP contribution in [0, 0.1) is 11.3 Å². The highest BCUT2D eigenvalue weighted by atomic mass is 16.5. The first-order chi connectivity index (χ1) is 9.22. The molecule has 0 amide bonds. The summed E-state index contributed by atoms with van der Waals surface area (Å²) in [5.74, 6) is 1.60. The third-order valence-corrected chi connectivity index (χ3v) is 4.70. The highest BCUT2D eigenvalue weighted by molar-refractivity contribution is 6.09. The fourth-order valence-electron chi connectivity index (χ4n) is 3.72. The smallest absolute Gasteiger partial charge is 0.173 e. The molecule has 0 bridgehead atoms. The first kappa shape index (κ1) is 11.0. The van der Waals surface area contributed by atoms with Crippen molar-refractivity contribution in [3.05, 3.63) is 53.1 Å². The van der Waals surface area contributed by atoms with Gasteiger partial charge in [0.1, 0.15) is 5.76 Å². The zero-order valence-corrected chi connectivity index (χ0v) is 11.0. The number of rotatable bonds is 0. The van der Waals surface area contributed by atoms with Crippen molar-refractivity contribution in [3.8, 4) is 0 Å². The summed E-state index contributed by atoms with van der Waals surface area (Å²) in [5, 5.41) is 0. The number of fused-ring (bicyclic) bond motifs is 2. The quantitative estimate of drug-likeness (QED) is 0.659. The number of carbonyl (C=O) groups excluding carboxylic acids is 1. The van der Waals surface area contributed by atoms with Gasteiger partial charge in [-0.3, -0.25) is 4.79 Å². The van der Waals surface area contributed by atoms with Crippen molar-refractivity contribution >= 4 is 11.5 Å². The zero-order valence-electron chi connectivity index (χ0n) is 11.0. The van der Waals surface area contributed by atoms with E-state index in [0.29, 0.717) is 5.92 Å². The first-order valence-electron chi connectivity index (χ1n) is 6.90. The van der Waals surface area contributed by atoms with Gasteiger partial charge in [0.2, 0.25) is 0 Å². The van der Waals surface area contributed by atoms with E-state index >= 15 is 0 Å². The molecule has 0 fully saturated rings. The van der Waals surface area contributed by atoms with Crippen molar-refractivity contribution in [2.24, 2.45) is 11.3 Å². The van der Waals surface area contributed by atoms with Gasteiger partial charge < -0.3 is 4.74 Å². The lowest BCUT2D eigenvalue weighted by Crippen LogP contribution is -2.41. The van der Waals surface area contributed by atoms with Crippen LogP contribution in [0.4, 0.5) is 0 Å². The van der Waals surface area contributed by atoms with Crippen LogP contribution in [-0.4, -0.2) is 12.4 Å². The molecular formula is C17H16O2.